The van der Waals surface area contributed by atoms with E-state index in [2.05, 4.69) is 5.32 Å². The van der Waals surface area contributed by atoms with Gasteiger partial charge in [-0.15, -0.1) is 0 Å². The van der Waals surface area contributed by atoms with E-state index in [9.17, 15) is 10.1 Å². The Balaban J connectivity index is 1.83. The summed E-state index contributed by atoms with van der Waals surface area (Å²) >= 11 is 0. The Labute approximate surface area is 140 Å². The summed E-state index contributed by atoms with van der Waals surface area (Å²) in [6.45, 7) is 1.99. The highest BCUT2D eigenvalue weighted by atomic mass is 16.1. The van der Waals surface area contributed by atoms with Crippen molar-refractivity contribution < 1.29 is 4.79 Å². The first-order chi connectivity index (χ1) is 11.7. The molecule has 116 valence electrons. The van der Waals surface area contributed by atoms with Gasteiger partial charge in [0.25, 0.3) is 5.91 Å². The van der Waals surface area contributed by atoms with Gasteiger partial charge in [-0.3, -0.25) is 4.79 Å². The zero-order valence-electron chi connectivity index (χ0n) is 13.3. The van der Waals surface area contributed by atoms with Crippen molar-refractivity contribution in [1.29, 1.82) is 5.26 Å². The molecule has 3 heteroatoms. The van der Waals surface area contributed by atoms with Crippen molar-refractivity contribution in [2.75, 3.05) is 5.32 Å². The zero-order chi connectivity index (χ0) is 16.9. The Bertz CT molecular complexity index is 963. The molecule has 0 heterocycles. The van der Waals surface area contributed by atoms with Gasteiger partial charge in [-0.1, -0.05) is 60.2 Å². The van der Waals surface area contributed by atoms with E-state index in [1.54, 1.807) is 6.08 Å². The maximum atomic E-state index is 12.3. The minimum Gasteiger partial charge on any atom is -0.321 e. The number of hydrogen-bond donors (Lipinski definition) is 1. The van der Waals surface area contributed by atoms with Crippen LogP contribution >= 0.6 is 0 Å². The SMILES string of the molecule is Cc1ccc(/C=C(\C#N)C(=O)Nc2ccc3ccccc3c2)cc1. The van der Waals surface area contributed by atoms with E-state index >= 15 is 0 Å². The quantitative estimate of drug-likeness (QED) is 0.563. The Kier molecular flexibility index (Phi) is 4.40. The predicted octanol–water partition coefficient (Wildman–Crippen LogP) is 4.69. The van der Waals surface area contributed by atoms with Gasteiger partial charge >= 0.3 is 0 Å². The number of fused-ring (bicyclic) bond motifs is 1. The first-order valence-corrected chi connectivity index (χ1v) is 7.64. The molecular formula is C21H16N2O. The van der Waals surface area contributed by atoms with Crippen molar-refractivity contribution in [3.63, 3.8) is 0 Å². The summed E-state index contributed by atoms with van der Waals surface area (Å²) in [4.78, 5) is 12.3. The van der Waals surface area contributed by atoms with Crippen molar-refractivity contribution in [3.8, 4) is 6.07 Å². The van der Waals surface area contributed by atoms with Gasteiger partial charge in [0.2, 0.25) is 0 Å². The van der Waals surface area contributed by atoms with Gasteiger partial charge in [0.05, 0.1) is 0 Å². The van der Waals surface area contributed by atoms with Gasteiger partial charge < -0.3 is 5.32 Å². The molecule has 0 aromatic heterocycles. The number of carbonyl (C=O) groups is 1. The molecule has 0 aliphatic heterocycles. The molecule has 3 aromatic rings. The summed E-state index contributed by atoms with van der Waals surface area (Å²) in [6.07, 6.45) is 1.59. The van der Waals surface area contributed by atoms with Crippen molar-refractivity contribution in [2.45, 2.75) is 6.92 Å². The molecule has 0 saturated heterocycles. The van der Waals surface area contributed by atoms with Gasteiger partial charge in [0.1, 0.15) is 11.6 Å². The van der Waals surface area contributed by atoms with E-state index in [0.29, 0.717) is 5.69 Å². The number of nitrogens with zero attached hydrogens (tertiary/aromatic N) is 1. The molecule has 1 N–H and O–H groups in total. The molecule has 3 nitrogen and oxygen atoms in total. The lowest BCUT2D eigenvalue weighted by atomic mass is 10.1. The molecule has 0 bridgehead atoms. The molecular weight excluding hydrogens is 296 g/mol. The van der Waals surface area contributed by atoms with Crippen LogP contribution in [0.15, 0.2) is 72.3 Å². The first-order valence-electron chi connectivity index (χ1n) is 7.64. The lowest BCUT2D eigenvalue weighted by Crippen LogP contribution is -2.13. The lowest BCUT2D eigenvalue weighted by molar-refractivity contribution is -0.112. The fraction of sp³-hybridized carbons (Fsp3) is 0.0476. The topological polar surface area (TPSA) is 52.9 Å². The van der Waals surface area contributed by atoms with Crippen LogP contribution in [0.5, 0.6) is 0 Å². The molecule has 0 saturated carbocycles. The fourth-order valence-corrected chi connectivity index (χ4v) is 2.44. The average molecular weight is 312 g/mol. The third-order valence-corrected chi connectivity index (χ3v) is 3.76. The Morgan fingerprint density at radius 3 is 2.42 bits per heavy atom. The van der Waals surface area contributed by atoms with Crippen LogP contribution in [0.4, 0.5) is 5.69 Å². The molecule has 0 aliphatic carbocycles. The molecule has 0 aliphatic rings. The summed E-state index contributed by atoms with van der Waals surface area (Å²) in [6, 6.07) is 23.2. The smallest absolute Gasteiger partial charge is 0.266 e. The lowest BCUT2D eigenvalue weighted by Gasteiger charge is -2.06. The summed E-state index contributed by atoms with van der Waals surface area (Å²) in [5.74, 6) is -0.409. The molecule has 0 atom stereocenters. The summed E-state index contributed by atoms with van der Waals surface area (Å²) in [5, 5.41) is 14.2. The largest absolute Gasteiger partial charge is 0.321 e. The summed E-state index contributed by atoms with van der Waals surface area (Å²) in [7, 11) is 0. The van der Waals surface area contributed by atoms with Crippen LogP contribution in [-0.2, 0) is 4.79 Å². The monoisotopic (exact) mass is 312 g/mol. The van der Waals surface area contributed by atoms with Crippen LogP contribution in [0.1, 0.15) is 11.1 Å². The first kappa shape index (κ1) is 15.5. The van der Waals surface area contributed by atoms with E-state index < -0.39 is 5.91 Å². The molecule has 3 aromatic carbocycles. The molecule has 0 radical (unpaired) electrons. The molecule has 1 amide bonds. The molecule has 3 rings (SSSR count). The number of nitriles is 1. The highest BCUT2D eigenvalue weighted by Gasteiger charge is 2.09. The van der Waals surface area contributed by atoms with Crippen LogP contribution in [0, 0.1) is 18.3 Å². The van der Waals surface area contributed by atoms with Crippen LogP contribution in [0.2, 0.25) is 0 Å². The average Bonchev–Trinajstić information content (AvgIpc) is 2.61. The number of carbonyl (C=O) groups excluding carboxylic acids is 1. The number of nitrogens with one attached hydrogen (secondary N) is 1. The fourth-order valence-electron chi connectivity index (χ4n) is 2.44. The Hall–Kier alpha value is -3.38. The number of benzene rings is 3. The Morgan fingerprint density at radius 1 is 1.00 bits per heavy atom. The van der Waals surface area contributed by atoms with Gasteiger partial charge in [-0.05, 0) is 41.5 Å². The summed E-state index contributed by atoms with van der Waals surface area (Å²) in [5.41, 5.74) is 2.70. The maximum absolute atomic E-state index is 12.3. The van der Waals surface area contributed by atoms with Gasteiger partial charge in [-0.2, -0.15) is 5.26 Å². The number of aryl methyl sites for hydroxylation is 1. The van der Waals surface area contributed by atoms with Crippen molar-refractivity contribution in [1.82, 2.24) is 0 Å². The second kappa shape index (κ2) is 6.80. The number of hydrogen-bond acceptors (Lipinski definition) is 2. The van der Waals surface area contributed by atoms with E-state index in [4.69, 9.17) is 0 Å². The van der Waals surface area contributed by atoms with Crippen molar-refractivity contribution in [3.05, 3.63) is 83.4 Å². The minimum absolute atomic E-state index is 0.0759. The molecule has 0 fully saturated rings. The minimum atomic E-state index is -0.409. The van der Waals surface area contributed by atoms with E-state index in [0.717, 1.165) is 21.9 Å². The number of anilines is 1. The zero-order valence-corrected chi connectivity index (χ0v) is 13.3. The standard InChI is InChI=1S/C21H16N2O/c1-15-6-8-16(9-7-15)12-19(14-22)21(24)23-20-11-10-17-4-2-3-5-18(17)13-20/h2-13H,1H3,(H,23,24)/b19-12+. The third kappa shape index (κ3) is 3.50. The van der Waals surface area contributed by atoms with Crippen molar-refractivity contribution in [2.24, 2.45) is 0 Å². The normalized spacial score (nSPS) is 11.1. The highest BCUT2D eigenvalue weighted by molar-refractivity contribution is 6.10. The maximum Gasteiger partial charge on any atom is 0.266 e. The summed E-state index contributed by atoms with van der Waals surface area (Å²) < 4.78 is 0. The van der Waals surface area contributed by atoms with Crippen LogP contribution in [0.25, 0.3) is 16.8 Å². The third-order valence-electron chi connectivity index (χ3n) is 3.76. The second-order valence-corrected chi connectivity index (χ2v) is 5.60. The van der Waals surface area contributed by atoms with E-state index in [1.165, 1.54) is 0 Å². The van der Waals surface area contributed by atoms with Crippen LogP contribution < -0.4 is 5.32 Å². The van der Waals surface area contributed by atoms with Crippen LogP contribution in [0.3, 0.4) is 0 Å². The highest BCUT2D eigenvalue weighted by Crippen LogP contribution is 2.19. The molecule has 0 unspecified atom stereocenters. The second-order valence-electron chi connectivity index (χ2n) is 5.60. The molecule has 0 spiro atoms. The van der Waals surface area contributed by atoms with E-state index in [-0.39, 0.29) is 5.57 Å². The van der Waals surface area contributed by atoms with Crippen molar-refractivity contribution >= 4 is 28.4 Å². The van der Waals surface area contributed by atoms with Crippen LogP contribution in [-0.4, -0.2) is 5.91 Å². The van der Waals surface area contributed by atoms with E-state index in [1.807, 2.05) is 79.7 Å². The molecule has 24 heavy (non-hydrogen) atoms. The Morgan fingerprint density at radius 2 is 1.71 bits per heavy atom. The van der Waals surface area contributed by atoms with Gasteiger partial charge in [0, 0.05) is 5.69 Å². The predicted molar refractivity (Wildman–Crippen MR) is 97.3 cm³/mol. The van der Waals surface area contributed by atoms with Gasteiger partial charge in [0.15, 0.2) is 0 Å². The van der Waals surface area contributed by atoms with Gasteiger partial charge in [-0.25, -0.2) is 0 Å². The number of rotatable bonds is 3. The number of amides is 1.